The molecule has 72 valence electrons. The maximum atomic E-state index is 5.95. The van der Waals surface area contributed by atoms with E-state index in [4.69, 9.17) is 15.2 Å². The molecule has 0 bridgehead atoms. The molecule has 2 N–H and O–H groups in total. The normalized spacial score (nSPS) is 22.5. The molecule has 1 heterocycles. The minimum atomic E-state index is 0.203. The standard InChI is InChI=1S/C9H19NO2/c1-2-11-7-9(10)8-3-5-12-6-4-8/h8-9H,2-7,10H2,1H3. The lowest BCUT2D eigenvalue weighted by Gasteiger charge is -2.27. The van der Waals surface area contributed by atoms with Gasteiger partial charge in [-0.05, 0) is 25.7 Å². The van der Waals surface area contributed by atoms with Crippen molar-refractivity contribution in [2.24, 2.45) is 11.7 Å². The van der Waals surface area contributed by atoms with E-state index in [-0.39, 0.29) is 6.04 Å². The van der Waals surface area contributed by atoms with Gasteiger partial charge in [0.2, 0.25) is 0 Å². The van der Waals surface area contributed by atoms with E-state index in [1.807, 2.05) is 6.92 Å². The average molecular weight is 173 g/mol. The number of hydrogen-bond donors (Lipinski definition) is 1. The van der Waals surface area contributed by atoms with Gasteiger partial charge in [0.05, 0.1) is 6.61 Å². The summed E-state index contributed by atoms with van der Waals surface area (Å²) in [6, 6.07) is 0.203. The molecule has 1 atom stereocenters. The van der Waals surface area contributed by atoms with Crippen molar-refractivity contribution >= 4 is 0 Å². The Morgan fingerprint density at radius 3 is 2.75 bits per heavy atom. The quantitative estimate of drug-likeness (QED) is 0.683. The molecule has 1 unspecified atom stereocenters. The SMILES string of the molecule is CCOCC(N)C1CCOCC1. The number of rotatable bonds is 4. The van der Waals surface area contributed by atoms with Crippen LogP contribution in [0.4, 0.5) is 0 Å². The first-order valence-corrected chi connectivity index (χ1v) is 4.75. The van der Waals surface area contributed by atoms with Crippen LogP contribution >= 0.6 is 0 Å². The Bertz CT molecular complexity index is 113. The highest BCUT2D eigenvalue weighted by Gasteiger charge is 2.20. The number of hydrogen-bond acceptors (Lipinski definition) is 3. The molecular formula is C9H19NO2. The maximum Gasteiger partial charge on any atom is 0.0620 e. The Morgan fingerprint density at radius 1 is 1.50 bits per heavy atom. The minimum absolute atomic E-state index is 0.203. The molecule has 12 heavy (non-hydrogen) atoms. The highest BCUT2D eigenvalue weighted by Crippen LogP contribution is 2.17. The van der Waals surface area contributed by atoms with E-state index in [1.165, 1.54) is 0 Å². The van der Waals surface area contributed by atoms with Crippen LogP contribution < -0.4 is 5.73 Å². The summed E-state index contributed by atoms with van der Waals surface area (Å²) in [6.07, 6.45) is 2.18. The third kappa shape index (κ3) is 3.09. The summed E-state index contributed by atoms with van der Waals surface area (Å²) in [4.78, 5) is 0. The van der Waals surface area contributed by atoms with Gasteiger partial charge in [0, 0.05) is 25.9 Å². The summed E-state index contributed by atoms with van der Waals surface area (Å²) in [7, 11) is 0. The third-order valence-corrected chi connectivity index (χ3v) is 2.39. The van der Waals surface area contributed by atoms with E-state index >= 15 is 0 Å². The van der Waals surface area contributed by atoms with E-state index in [0.29, 0.717) is 12.5 Å². The largest absolute Gasteiger partial charge is 0.381 e. The van der Waals surface area contributed by atoms with Crippen LogP contribution in [-0.2, 0) is 9.47 Å². The molecule has 1 fully saturated rings. The molecular weight excluding hydrogens is 154 g/mol. The molecule has 0 aromatic rings. The fraction of sp³-hybridized carbons (Fsp3) is 1.00. The average Bonchev–Trinajstić information content (AvgIpc) is 2.15. The van der Waals surface area contributed by atoms with Crippen molar-refractivity contribution in [3.63, 3.8) is 0 Å². The molecule has 1 rings (SSSR count). The number of nitrogens with two attached hydrogens (primary N) is 1. The first kappa shape index (κ1) is 9.96. The molecule has 0 aromatic heterocycles. The van der Waals surface area contributed by atoms with E-state index < -0.39 is 0 Å². The number of ether oxygens (including phenoxy) is 2. The molecule has 3 heteroatoms. The van der Waals surface area contributed by atoms with Crippen molar-refractivity contribution in [2.75, 3.05) is 26.4 Å². The fourth-order valence-electron chi connectivity index (χ4n) is 1.53. The smallest absolute Gasteiger partial charge is 0.0620 e. The van der Waals surface area contributed by atoms with Gasteiger partial charge < -0.3 is 15.2 Å². The van der Waals surface area contributed by atoms with Crippen LogP contribution in [0.3, 0.4) is 0 Å². The Kier molecular flexibility index (Phi) is 4.58. The Balaban J connectivity index is 2.15. The molecule has 1 saturated heterocycles. The second-order valence-electron chi connectivity index (χ2n) is 3.27. The molecule has 1 aliphatic heterocycles. The summed E-state index contributed by atoms with van der Waals surface area (Å²) < 4.78 is 10.5. The monoisotopic (exact) mass is 173 g/mol. The maximum absolute atomic E-state index is 5.95. The van der Waals surface area contributed by atoms with Crippen molar-refractivity contribution in [1.29, 1.82) is 0 Å². The Labute approximate surface area is 74.2 Å². The lowest BCUT2D eigenvalue weighted by atomic mass is 9.93. The third-order valence-electron chi connectivity index (χ3n) is 2.39. The molecule has 0 aliphatic carbocycles. The summed E-state index contributed by atoms with van der Waals surface area (Å²) >= 11 is 0. The first-order chi connectivity index (χ1) is 5.84. The second kappa shape index (κ2) is 5.51. The molecule has 0 radical (unpaired) electrons. The van der Waals surface area contributed by atoms with Gasteiger partial charge >= 0.3 is 0 Å². The molecule has 3 nitrogen and oxygen atoms in total. The van der Waals surface area contributed by atoms with Crippen molar-refractivity contribution in [1.82, 2.24) is 0 Å². The van der Waals surface area contributed by atoms with Crippen molar-refractivity contribution in [2.45, 2.75) is 25.8 Å². The van der Waals surface area contributed by atoms with Gasteiger partial charge in [-0.2, -0.15) is 0 Å². The highest BCUT2D eigenvalue weighted by molar-refractivity contribution is 4.74. The van der Waals surface area contributed by atoms with E-state index in [0.717, 1.165) is 32.7 Å². The summed E-state index contributed by atoms with van der Waals surface area (Å²) in [5.41, 5.74) is 5.95. The Morgan fingerprint density at radius 2 is 2.17 bits per heavy atom. The van der Waals surface area contributed by atoms with Crippen LogP contribution in [0, 0.1) is 5.92 Å². The fourth-order valence-corrected chi connectivity index (χ4v) is 1.53. The molecule has 0 amide bonds. The predicted molar refractivity (Wildman–Crippen MR) is 48.0 cm³/mol. The molecule has 0 aromatic carbocycles. The highest BCUT2D eigenvalue weighted by atomic mass is 16.5. The van der Waals surface area contributed by atoms with Gasteiger partial charge in [-0.15, -0.1) is 0 Å². The van der Waals surface area contributed by atoms with Gasteiger partial charge in [-0.3, -0.25) is 0 Å². The van der Waals surface area contributed by atoms with Gasteiger partial charge in [-0.1, -0.05) is 0 Å². The van der Waals surface area contributed by atoms with Crippen molar-refractivity contribution < 1.29 is 9.47 Å². The zero-order chi connectivity index (χ0) is 8.81. The van der Waals surface area contributed by atoms with Crippen LogP contribution in [0.1, 0.15) is 19.8 Å². The van der Waals surface area contributed by atoms with Crippen molar-refractivity contribution in [3.8, 4) is 0 Å². The van der Waals surface area contributed by atoms with E-state index in [9.17, 15) is 0 Å². The van der Waals surface area contributed by atoms with Gasteiger partial charge in [0.25, 0.3) is 0 Å². The first-order valence-electron chi connectivity index (χ1n) is 4.75. The van der Waals surface area contributed by atoms with Crippen LogP contribution in [0.5, 0.6) is 0 Å². The van der Waals surface area contributed by atoms with E-state index in [1.54, 1.807) is 0 Å². The van der Waals surface area contributed by atoms with Gasteiger partial charge in [0.15, 0.2) is 0 Å². The topological polar surface area (TPSA) is 44.5 Å². The molecule has 1 aliphatic rings. The Hall–Kier alpha value is -0.120. The van der Waals surface area contributed by atoms with Crippen LogP contribution in [0.25, 0.3) is 0 Å². The van der Waals surface area contributed by atoms with Crippen molar-refractivity contribution in [3.05, 3.63) is 0 Å². The molecule has 0 saturated carbocycles. The van der Waals surface area contributed by atoms with Gasteiger partial charge in [0.1, 0.15) is 0 Å². The minimum Gasteiger partial charge on any atom is -0.381 e. The van der Waals surface area contributed by atoms with Gasteiger partial charge in [-0.25, -0.2) is 0 Å². The zero-order valence-electron chi connectivity index (χ0n) is 7.79. The van der Waals surface area contributed by atoms with Crippen LogP contribution in [0.2, 0.25) is 0 Å². The zero-order valence-corrected chi connectivity index (χ0v) is 7.79. The predicted octanol–water partition coefficient (Wildman–Crippen LogP) is 0.777. The lowest BCUT2D eigenvalue weighted by Crippen LogP contribution is -2.37. The summed E-state index contributed by atoms with van der Waals surface area (Å²) in [6.45, 7) is 5.18. The lowest BCUT2D eigenvalue weighted by molar-refractivity contribution is 0.0393. The summed E-state index contributed by atoms with van der Waals surface area (Å²) in [5.74, 6) is 0.602. The summed E-state index contributed by atoms with van der Waals surface area (Å²) in [5, 5.41) is 0. The van der Waals surface area contributed by atoms with Crippen LogP contribution in [0.15, 0.2) is 0 Å². The molecule has 0 spiro atoms. The van der Waals surface area contributed by atoms with E-state index in [2.05, 4.69) is 0 Å². The second-order valence-corrected chi connectivity index (χ2v) is 3.27. The van der Waals surface area contributed by atoms with Crippen LogP contribution in [-0.4, -0.2) is 32.5 Å².